The summed E-state index contributed by atoms with van der Waals surface area (Å²) in [5.74, 6) is 2.44. The molecule has 0 radical (unpaired) electrons. The maximum Gasteiger partial charge on any atom is 0.203 e. The molecule has 0 spiro atoms. The van der Waals surface area contributed by atoms with E-state index in [1.807, 2.05) is 0 Å². The number of ketones is 1. The third-order valence-electron chi connectivity index (χ3n) is 3.59. The van der Waals surface area contributed by atoms with Gasteiger partial charge in [-0.3, -0.25) is 4.79 Å². The van der Waals surface area contributed by atoms with Gasteiger partial charge in [-0.05, 0) is 30.3 Å². The molecule has 1 aliphatic heterocycles. The molecule has 0 fully saturated rings. The number of fused-ring (bicyclic) bond motifs is 1. The molecule has 6 heteroatoms. The van der Waals surface area contributed by atoms with Crippen LogP contribution in [0.4, 0.5) is 0 Å². The molecule has 2 aromatic carbocycles. The van der Waals surface area contributed by atoms with Crippen molar-refractivity contribution in [3.8, 4) is 28.7 Å². The molecule has 0 unspecified atom stereocenters. The Morgan fingerprint density at radius 3 is 2.33 bits per heavy atom. The molecule has 0 bridgehead atoms. The van der Waals surface area contributed by atoms with Crippen molar-refractivity contribution in [1.29, 1.82) is 0 Å². The molecule has 126 valence electrons. The third-order valence-corrected chi connectivity index (χ3v) is 3.59. The highest BCUT2D eigenvalue weighted by molar-refractivity contribution is 5.98. The smallest absolute Gasteiger partial charge is 0.203 e. The zero-order valence-corrected chi connectivity index (χ0v) is 13.5. The van der Waals surface area contributed by atoms with Crippen LogP contribution in [0, 0.1) is 0 Å². The molecule has 0 aliphatic carbocycles. The Labute approximate surface area is 139 Å². The Morgan fingerprint density at radius 1 is 1.00 bits per heavy atom. The van der Waals surface area contributed by atoms with Crippen LogP contribution >= 0.6 is 0 Å². The lowest BCUT2D eigenvalue weighted by Gasteiger charge is -2.18. The van der Waals surface area contributed by atoms with Crippen molar-refractivity contribution < 1.29 is 28.5 Å². The Bertz CT molecular complexity index is 718. The average molecular weight is 330 g/mol. The number of ether oxygens (including phenoxy) is 5. The van der Waals surface area contributed by atoms with E-state index in [4.69, 9.17) is 23.7 Å². The minimum Gasteiger partial charge on any atom is -0.493 e. The van der Waals surface area contributed by atoms with Crippen LogP contribution in [0.3, 0.4) is 0 Å². The van der Waals surface area contributed by atoms with E-state index in [1.165, 1.54) is 14.2 Å². The predicted octanol–water partition coefficient (Wildman–Crippen LogP) is 2.74. The summed E-state index contributed by atoms with van der Waals surface area (Å²) < 4.78 is 27.1. The maximum absolute atomic E-state index is 12.4. The first kappa shape index (κ1) is 16.0. The summed E-state index contributed by atoms with van der Waals surface area (Å²) in [6.45, 7) is 0.840. The van der Waals surface area contributed by atoms with E-state index in [0.29, 0.717) is 47.5 Å². The minimum atomic E-state index is -0.181. The third kappa shape index (κ3) is 3.22. The van der Waals surface area contributed by atoms with E-state index in [1.54, 1.807) is 36.4 Å². The summed E-state index contributed by atoms with van der Waals surface area (Å²) in [4.78, 5) is 12.4. The van der Waals surface area contributed by atoms with Crippen molar-refractivity contribution in [1.82, 2.24) is 0 Å². The molecular formula is C18H18O6. The van der Waals surface area contributed by atoms with Gasteiger partial charge in [0.05, 0.1) is 14.2 Å². The summed E-state index contributed by atoms with van der Waals surface area (Å²) in [7, 11) is 3.06. The first-order valence-electron chi connectivity index (χ1n) is 7.49. The number of carbonyl (C=O) groups is 1. The monoisotopic (exact) mass is 330 g/mol. The van der Waals surface area contributed by atoms with Gasteiger partial charge in [-0.15, -0.1) is 0 Å². The van der Waals surface area contributed by atoms with Gasteiger partial charge in [-0.1, -0.05) is 6.07 Å². The number of hydrogen-bond donors (Lipinski definition) is 0. The van der Waals surface area contributed by atoms with Crippen molar-refractivity contribution >= 4 is 5.78 Å². The summed E-state index contributed by atoms with van der Waals surface area (Å²) in [6.07, 6.45) is 0. The number of rotatable bonds is 6. The molecule has 0 amide bonds. The Morgan fingerprint density at radius 2 is 1.67 bits per heavy atom. The van der Waals surface area contributed by atoms with Crippen molar-refractivity contribution in [3.63, 3.8) is 0 Å². The Balaban J connectivity index is 1.74. The standard InChI is InChI=1S/C18H18O6/c1-20-15-4-3-5-16(21-2)18(15)24-11-13(19)12-6-7-14-17(10-12)23-9-8-22-14/h3-7,10H,8-9,11H2,1-2H3. The maximum atomic E-state index is 12.4. The van der Waals surface area contributed by atoms with Gasteiger partial charge in [0.1, 0.15) is 13.2 Å². The summed E-state index contributed by atoms with van der Waals surface area (Å²) in [5, 5.41) is 0. The average Bonchev–Trinajstić information content (AvgIpc) is 2.65. The molecule has 0 saturated carbocycles. The largest absolute Gasteiger partial charge is 0.493 e. The van der Waals surface area contributed by atoms with E-state index >= 15 is 0 Å². The fraction of sp³-hybridized carbons (Fsp3) is 0.278. The fourth-order valence-corrected chi connectivity index (χ4v) is 2.40. The second kappa shape index (κ2) is 7.12. The molecule has 1 aliphatic rings. The van der Waals surface area contributed by atoms with Crippen molar-refractivity contribution in [2.75, 3.05) is 34.0 Å². The second-order valence-electron chi connectivity index (χ2n) is 5.06. The van der Waals surface area contributed by atoms with E-state index in [0.717, 1.165) is 0 Å². The minimum absolute atomic E-state index is 0.142. The lowest BCUT2D eigenvalue weighted by Crippen LogP contribution is -2.17. The van der Waals surface area contributed by atoms with Crippen LogP contribution in [0.1, 0.15) is 10.4 Å². The number of carbonyl (C=O) groups excluding carboxylic acids is 1. The van der Waals surface area contributed by atoms with E-state index in [2.05, 4.69) is 0 Å². The molecule has 0 atom stereocenters. The highest BCUT2D eigenvalue weighted by atomic mass is 16.6. The van der Waals surface area contributed by atoms with Gasteiger partial charge in [0, 0.05) is 5.56 Å². The molecule has 0 N–H and O–H groups in total. The fourth-order valence-electron chi connectivity index (χ4n) is 2.40. The van der Waals surface area contributed by atoms with E-state index < -0.39 is 0 Å². The normalized spacial score (nSPS) is 12.4. The van der Waals surface area contributed by atoms with Gasteiger partial charge >= 0.3 is 0 Å². The highest BCUT2D eigenvalue weighted by Gasteiger charge is 2.17. The summed E-state index contributed by atoms with van der Waals surface area (Å²) >= 11 is 0. The van der Waals surface area contributed by atoms with Gasteiger partial charge < -0.3 is 23.7 Å². The molecule has 1 heterocycles. The van der Waals surface area contributed by atoms with E-state index in [-0.39, 0.29) is 12.4 Å². The zero-order chi connectivity index (χ0) is 16.9. The van der Waals surface area contributed by atoms with Gasteiger partial charge in [0.2, 0.25) is 5.75 Å². The van der Waals surface area contributed by atoms with Crippen LogP contribution in [-0.2, 0) is 0 Å². The molecule has 0 aromatic heterocycles. The van der Waals surface area contributed by atoms with Gasteiger partial charge in [0.15, 0.2) is 35.4 Å². The number of methoxy groups -OCH3 is 2. The number of hydrogen-bond acceptors (Lipinski definition) is 6. The quantitative estimate of drug-likeness (QED) is 0.759. The van der Waals surface area contributed by atoms with Crippen molar-refractivity contribution in [2.45, 2.75) is 0 Å². The van der Waals surface area contributed by atoms with Crippen LogP contribution < -0.4 is 23.7 Å². The number of Topliss-reactive ketones (excluding diaryl/α,β-unsaturated/α-hetero) is 1. The van der Waals surface area contributed by atoms with Crippen LogP contribution in [0.2, 0.25) is 0 Å². The molecule has 3 rings (SSSR count). The summed E-state index contributed by atoms with van der Waals surface area (Å²) in [5.41, 5.74) is 0.494. The second-order valence-corrected chi connectivity index (χ2v) is 5.06. The van der Waals surface area contributed by atoms with Crippen LogP contribution in [0.25, 0.3) is 0 Å². The first-order chi connectivity index (χ1) is 11.7. The lowest BCUT2D eigenvalue weighted by molar-refractivity contribution is 0.0916. The molecule has 2 aromatic rings. The van der Waals surface area contributed by atoms with Crippen LogP contribution in [0.15, 0.2) is 36.4 Å². The SMILES string of the molecule is COc1cccc(OC)c1OCC(=O)c1ccc2c(c1)OCCO2. The topological polar surface area (TPSA) is 63.2 Å². The Kier molecular flexibility index (Phi) is 4.74. The van der Waals surface area contributed by atoms with Crippen molar-refractivity contribution in [3.05, 3.63) is 42.0 Å². The predicted molar refractivity (Wildman–Crippen MR) is 86.8 cm³/mol. The van der Waals surface area contributed by atoms with E-state index in [9.17, 15) is 4.79 Å². The zero-order valence-electron chi connectivity index (χ0n) is 13.5. The number of para-hydroxylation sites is 1. The van der Waals surface area contributed by atoms with Crippen LogP contribution in [0.5, 0.6) is 28.7 Å². The Hall–Kier alpha value is -2.89. The summed E-state index contributed by atoms with van der Waals surface area (Å²) in [6, 6.07) is 10.4. The molecular weight excluding hydrogens is 312 g/mol. The molecule has 0 saturated heterocycles. The lowest BCUT2D eigenvalue weighted by atomic mass is 10.1. The van der Waals surface area contributed by atoms with Gasteiger partial charge in [-0.2, -0.15) is 0 Å². The van der Waals surface area contributed by atoms with Gasteiger partial charge in [0.25, 0.3) is 0 Å². The van der Waals surface area contributed by atoms with Crippen LogP contribution in [-0.4, -0.2) is 39.8 Å². The first-order valence-corrected chi connectivity index (χ1v) is 7.49. The van der Waals surface area contributed by atoms with Gasteiger partial charge in [-0.25, -0.2) is 0 Å². The number of benzene rings is 2. The van der Waals surface area contributed by atoms with Crippen molar-refractivity contribution in [2.24, 2.45) is 0 Å². The molecule has 24 heavy (non-hydrogen) atoms. The molecule has 6 nitrogen and oxygen atoms in total. The highest BCUT2D eigenvalue weighted by Crippen LogP contribution is 2.37.